The number of benzene rings is 4. The van der Waals surface area contributed by atoms with Gasteiger partial charge in [0.1, 0.15) is 22.6 Å². The molecule has 0 spiro atoms. The Bertz CT molecular complexity index is 1270. The van der Waals surface area contributed by atoms with Crippen molar-refractivity contribution in [2.75, 3.05) is 14.2 Å². The number of carbonyl (C=O) groups excluding carboxylic acids is 2. The van der Waals surface area contributed by atoms with Crippen molar-refractivity contribution in [2.45, 2.75) is 6.42 Å². The van der Waals surface area contributed by atoms with Gasteiger partial charge in [-0.3, -0.25) is 0 Å². The Balaban J connectivity index is 1.86. The average Bonchev–Trinajstić information content (AvgIpc) is 2.90. The number of aromatic hydroxyl groups is 2. The highest BCUT2D eigenvalue weighted by atomic mass is 16.5. The first-order valence-corrected chi connectivity index (χ1v) is 10.9. The molecular formula is C29H24O6. The van der Waals surface area contributed by atoms with E-state index in [1.54, 1.807) is 24.3 Å². The van der Waals surface area contributed by atoms with Crippen molar-refractivity contribution in [3.05, 3.63) is 107 Å². The van der Waals surface area contributed by atoms with Crippen LogP contribution in [-0.2, 0) is 15.9 Å². The molecule has 0 aliphatic heterocycles. The predicted molar refractivity (Wildman–Crippen MR) is 133 cm³/mol. The van der Waals surface area contributed by atoms with Crippen LogP contribution in [0.25, 0.3) is 22.3 Å². The SMILES string of the molecule is COC(=O)c1cc(Cc2cc(C(=O)OC)c(O)c(-c3ccccc3)c2)cc(-c2ccccc2)c1O. The van der Waals surface area contributed by atoms with E-state index in [9.17, 15) is 19.8 Å². The Morgan fingerprint density at radius 2 is 1.00 bits per heavy atom. The smallest absolute Gasteiger partial charge is 0.341 e. The van der Waals surface area contributed by atoms with Crippen LogP contribution in [-0.4, -0.2) is 36.4 Å². The molecule has 176 valence electrons. The highest BCUT2D eigenvalue weighted by Gasteiger charge is 2.21. The number of methoxy groups -OCH3 is 2. The van der Waals surface area contributed by atoms with Gasteiger partial charge in [-0.2, -0.15) is 0 Å². The molecule has 0 aliphatic rings. The van der Waals surface area contributed by atoms with Crippen LogP contribution >= 0.6 is 0 Å². The molecule has 0 bridgehead atoms. The fourth-order valence-corrected chi connectivity index (χ4v) is 4.03. The van der Waals surface area contributed by atoms with E-state index in [1.807, 2.05) is 60.7 Å². The topological polar surface area (TPSA) is 93.1 Å². The van der Waals surface area contributed by atoms with Crippen LogP contribution in [0.4, 0.5) is 0 Å². The summed E-state index contributed by atoms with van der Waals surface area (Å²) < 4.78 is 9.76. The first-order chi connectivity index (χ1) is 16.9. The number of carbonyl (C=O) groups is 2. The molecule has 0 unspecified atom stereocenters. The second kappa shape index (κ2) is 10.1. The fourth-order valence-electron chi connectivity index (χ4n) is 4.03. The van der Waals surface area contributed by atoms with Crippen molar-refractivity contribution >= 4 is 11.9 Å². The fraction of sp³-hybridized carbons (Fsp3) is 0.103. The van der Waals surface area contributed by atoms with Gasteiger partial charge in [-0.05, 0) is 52.9 Å². The first-order valence-electron chi connectivity index (χ1n) is 10.9. The lowest BCUT2D eigenvalue weighted by molar-refractivity contribution is 0.0588. The van der Waals surface area contributed by atoms with E-state index in [2.05, 4.69) is 0 Å². The standard InChI is InChI=1S/C29H24O6/c1-34-28(32)24-16-18(14-22(26(24)30)20-9-5-3-6-10-20)13-19-15-23(21-11-7-4-8-12-21)27(31)25(17-19)29(33)35-2/h3-12,14-17,30-31H,13H2,1-2H3. The third-order valence-electron chi connectivity index (χ3n) is 5.73. The molecule has 0 radical (unpaired) electrons. The molecule has 0 atom stereocenters. The number of ether oxygens (including phenoxy) is 2. The highest BCUT2D eigenvalue weighted by molar-refractivity contribution is 5.97. The number of esters is 2. The lowest BCUT2D eigenvalue weighted by atomic mass is 9.92. The molecule has 6 heteroatoms. The van der Waals surface area contributed by atoms with Gasteiger partial charge in [-0.15, -0.1) is 0 Å². The van der Waals surface area contributed by atoms with Gasteiger partial charge in [0.25, 0.3) is 0 Å². The quantitative estimate of drug-likeness (QED) is 0.358. The summed E-state index contributed by atoms with van der Waals surface area (Å²) >= 11 is 0. The number of phenolic OH excluding ortho intramolecular Hbond substituents is 2. The molecule has 0 heterocycles. The summed E-state index contributed by atoms with van der Waals surface area (Å²) in [6.45, 7) is 0. The Labute approximate surface area is 203 Å². The minimum atomic E-state index is -0.660. The molecule has 4 aromatic carbocycles. The van der Waals surface area contributed by atoms with Crippen LogP contribution in [0, 0.1) is 0 Å². The zero-order valence-electron chi connectivity index (χ0n) is 19.3. The average molecular weight is 469 g/mol. The van der Waals surface area contributed by atoms with E-state index >= 15 is 0 Å². The summed E-state index contributed by atoms with van der Waals surface area (Å²) in [6.07, 6.45) is 0.314. The number of rotatable bonds is 6. The molecule has 2 N–H and O–H groups in total. The van der Waals surface area contributed by atoms with Gasteiger partial charge >= 0.3 is 11.9 Å². The van der Waals surface area contributed by atoms with Gasteiger partial charge in [-0.25, -0.2) is 9.59 Å². The molecule has 6 nitrogen and oxygen atoms in total. The van der Waals surface area contributed by atoms with Crippen LogP contribution in [0.2, 0.25) is 0 Å². The third-order valence-corrected chi connectivity index (χ3v) is 5.73. The first kappa shape index (κ1) is 23.6. The van der Waals surface area contributed by atoms with E-state index < -0.39 is 11.9 Å². The number of phenols is 2. The summed E-state index contributed by atoms with van der Waals surface area (Å²) in [5.41, 5.74) is 3.95. The molecule has 0 fully saturated rings. The summed E-state index contributed by atoms with van der Waals surface area (Å²) in [6, 6.07) is 25.2. The molecule has 0 aliphatic carbocycles. The zero-order valence-corrected chi connectivity index (χ0v) is 19.3. The van der Waals surface area contributed by atoms with Crippen molar-refractivity contribution in [3.8, 4) is 33.8 Å². The van der Waals surface area contributed by atoms with E-state index in [-0.39, 0.29) is 22.6 Å². The Kier molecular flexibility index (Phi) is 6.83. The number of hydrogen-bond acceptors (Lipinski definition) is 6. The Morgan fingerprint density at radius 1 is 0.629 bits per heavy atom. The van der Waals surface area contributed by atoms with Gasteiger partial charge in [0.05, 0.1) is 14.2 Å². The maximum Gasteiger partial charge on any atom is 0.341 e. The van der Waals surface area contributed by atoms with Crippen molar-refractivity contribution in [3.63, 3.8) is 0 Å². The largest absolute Gasteiger partial charge is 0.506 e. The van der Waals surface area contributed by atoms with Crippen molar-refractivity contribution in [1.82, 2.24) is 0 Å². The van der Waals surface area contributed by atoms with Gasteiger partial charge in [0.15, 0.2) is 0 Å². The summed E-state index contributed by atoms with van der Waals surface area (Å²) in [4.78, 5) is 24.8. The van der Waals surface area contributed by atoms with Gasteiger partial charge in [0.2, 0.25) is 0 Å². The third kappa shape index (κ3) is 4.87. The molecule has 0 aromatic heterocycles. The molecule has 4 rings (SSSR count). The summed E-state index contributed by atoms with van der Waals surface area (Å²) in [7, 11) is 2.51. The van der Waals surface area contributed by atoms with Gasteiger partial charge in [0, 0.05) is 11.1 Å². The monoisotopic (exact) mass is 468 g/mol. The van der Waals surface area contributed by atoms with Gasteiger partial charge < -0.3 is 19.7 Å². The molecule has 35 heavy (non-hydrogen) atoms. The highest BCUT2D eigenvalue weighted by Crippen LogP contribution is 2.37. The van der Waals surface area contributed by atoms with E-state index in [0.29, 0.717) is 28.7 Å². The van der Waals surface area contributed by atoms with E-state index in [1.165, 1.54) is 14.2 Å². The van der Waals surface area contributed by atoms with E-state index in [4.69, 9.17) is 9.47 Å². The van der Waals surface area contributed by atoms with Crippen LogP contribution < -0.4 is 0 Å². The maximum atomic E-state index is 12.4. The van der Waals surface area contributed by atoms with Gasteiger partial charge in [-0.1, -0.05) is 60.7 Å². The molecule has 0 saturated heterocycles. The Hall–Kier alpha value is -4.58. The lowest BCUT2D eigenvalue weighted by Gasteiger charge is -2.15. The van der Waals surface area contributed by atoms with Crippen molar-refractivity contribution < 1.29 is 29.3 Å². The summed E-state index contributed by atoms with van der Waals surface area (Å²) in [5.74, 6) is -1.66. The Morgan fingerprint density at radius 3 is 1.34 bits per heavy atom. The molecule has 0 saturated carbocycles. The molecule has 0 amide bonds. The minimum Gasteiger partial charge on any atom is -0.506 e. The van der Waals surface area contributed by atoms with Crippen molar-refractivity contribution in [1.29, 1.82) is 0 Å². The lowest BCUT2D eigenvalue weighted by Crippen LogP contribution is -2.06. The molecular weight excluding hydrogens is 444 g/mol. The summed E-state index contributed by atoms with van der Waals surface area (Å²) in [5, 5.41) is 21.6. The van der Waals surface area contributed by atoms with E-state index in [0.717, 1.165) is 11.1 Å². The number of hydrogen-bond donors (Lipinski definition) is 2. The van der Waals surface area contributed by atoms with Crippen LogP contribution in [0.3, 0.4) is 0 Å². The minimum absolute atomic E-state index is 0.0408. The predicted octanol–water partition coefficient (Wildman–Crippen LogP) is 5.60. The van der Waals surface area contributed by atoms with Crippen LogP contribution in [0.15, 0.2) is 84.9 Å². The zero-order chi connectivity index (χ0) is 24.9. The van der Waals surface area contributed by atoms with Crippen molar-refractivity contribution in [2.24, 2.45) is 0 Å². The van der Waals surface area contributed by atoms with Crippen LogP contribution in [0.1, 0.15) is 31.8 Å². The second-order valence-electron chi connectivity index (χ2n) is 7.97. The van der Waals surface area contributed by atoms with Crippen LogP contribution in [0.5, 0.6) is 11.5 Å². The normalized spacial score (nSPS) is 10.6. The molecule has 4 aromatic rings. The maximum absolute atomic E-state index is 12.4. The second-order valence-corrected chi connectivity index (χ2v) is 7.97.